The first-order valence-corrected chi connectivity index (χ1v) is 6.44. The summed E-state index contributed by atoms with van der Waals surface area (Å²) in [7, 11) is 0. The van der Waals surface area contributed by atoms with Crippen molar-refractivity contribution < 1.29 is 9.94 Å². The molecule has 0 radical (unpaired) electrons. The summed E-state index contributed by atoms with van der Waals surface area (Å²) in [5.74, 6) is 1.58. The molecule has 0 saturated heterocycles. The number of para-hydroxylation sites is 1. The molecule has 0 fully saturated rings. The summed E-state index contributed by atoms with van der Waals surface area (Å²) in [5.41, 5.74) is 2.97. The number of aryl methyl sites for hydroxylation is 1. The van der Waals surface area contributed by atoms with E-state index in [0.717, 1.165) is 42.0 Å². The van der Waals surface area contributed by atoms with Gasteiger partial charge in [-0.05, 0) is 49.1 Å². The van der Waals surface area contributed by atoms with Crippen molar-refractivity contribution in [2.24, 2.45) is 5.16 Å². The first kappa shape index (κ1) is 11.8. The van der Waals surface area contributed by atoms with Gasteiger partial charge in [-0.1, -0.05) is 29.4 Å². The fourth-order valence-electron chi connectivity index (χ4n) is 2.42. The molecule has 0 atom stereocenters. The van der Waals surface area contributed by atoms with Gasteiger partial charge >= 0.3 is 0 Å². The third-order valence-electron chi connectivity index (χ3n) is 3.35. The summed E-state index contributed by atoms with van der Waals surface area (Å²) in [6.07, 6.45) is 2.88. The highest BCUT2D eigenvalue weighted by atomic mass is 16.5. The molecule has 3 heteroatoms. The minimum atomic E-state index is 0.750. The van der Waals surface area contributed by atoms with E-state index in [1.54, 1.807) is 0 Å². The molecule has 0 amide bonds. The van der Waals surface area contributed by atoms with Crippen molar-refractivity contribution in [2.75, 3.05) is 0 Å². The van der Waals surface area contributed by atoms with Crippen molar-refractivity contribution >= 4 is 5.71 Å². The molecule has 3 nitrogen and oxygen atoms in total. The lowest BCUT2D eigenvalue weighted by molar-refractivity contribution is 0.317. The van der Waals surface area contributed by atoms with Gasteiger partial charge in [0.1, 0.15) is 11.5 Å². The molecule has 1 aliphatic rings. The topological polar surface area (TPSA) is 41.8 Å². The summed E-state index contributed by atoms with van der Waals surface area (Å²) in [5, 5.41) is 12.5. The second-order valence-electron chi connectivity index (χ2n) is 4.63. The van der Waals surface area contributed by atoms with E-state index in [0.29, 0.717) is 0 Å². The number of rotatable bonds is 2. The van der Waals surface area contributed by atoms with E-state index >= 15 is 0 Å². The molecule has 19 heavy (non-hydrogen) atoms. The van der Waals surface area contributed by atoms with E-state index in [9.17, 15) is 0 Å². The Hall–Kier alpha value is -2.29. The van der Waals surface area contributed by atoms with Crippen molar-refractivity contribution in [2.45, 2.75) is 19.3 Å². The summed E-state index contributed by atoms with van der Waals surface area (Å²) in [4.78, 5) is 0. The second-order valence-corrected chi connectivity index (χ2v) is 4.63. The molecule has 0 spiro atoms. The SMILES string of the molecule is ON=C1CCCc2ccc(Oc3ccccc3)cc21. The molecule has 0 unspecified atom stereocenters. The molecule has 1 N–H and O–H groups in total. The van der Waals surface area contributed by atoms with Crippen LogP contribution in [0.3, 0.4) is 0 Å². The number of hydrogen-bond donors (Lipinski definition) is 1. The normalized spacial score (nSPS) is 16.1. The van der Waals surface area contributed by atoms with E-state index in [2.05, 4.69) is 11.2 Å². The molecule has 0 heterocycles. The number of fused-ring (bicyclic) bond motifs is 1. The van der Waals surface area contributed by atoms with Gasteiger partial charge in [0.25, 0.3) is 0 Å². The van der Waals surface area contributed by atoms with Crippen LogP contribution in [0, 0.1) is 0 Å². The van der Waals surface area contributed by atoms with Crippen molar-refractivity contribution in [1.82, 2.24) is 0 Å². The van der Waals surface area contributed by atoms with Crippen LogP contribution in [0.15, 0.2) is 53.7 Å². The Kier molecular flexibility index (Phi) is 3.19. The standard InChI is InChI=1S/C16H15NO2/c18-17-16-8-4-5-12-9-10-14(11-15(12)16)19-13-6-2-1-3-7-13/h1-3,6-7,9-11,18H,4-5,8H2. The molecular weight excluding hydrogens is 238 g/mol. The number of nitrogens with zero attached hydrogens (tertiary/aromatic N) is 1. The molecule has 1 aliphatic carbocycles. The van der Waals surface area contributed by atoms with Crippen molar-refractivity contribution in [1.29, 1.82) is 0 Å². The molecular formula is C16H15NO2. The summed E-state index contributed by atoms with van der Waals surface area (Å²) in [6.45, 7) is 0. The van der Waals surface area contributed by atoms with Crippen LogP contribution in [0.25, 0.3) is 0 Å². The fourth-order valence-corrected chi connectivity index (χ4v) is 2.42. The Balaban J connectivity index is 1.92. The lowest BCUT2D eigenvalue weighted by Gasteiger charge is -2.17. The van der Waals surface area contributed by atoms with Gasteiger partial charge < -0.3 is 9.94 Å². The Labute approximate surface area is 112 Å². The monoisotopic (exact) mass is 253 g/mol. The van der Waals surface area contributed by atoms with Crippen LogP contribution in [0.5, 0.6) is 11.5 Å². The van der Waals surface area contributed by atoms with E-state index in [-0.39, 0.29) is 0 Å². The molecule has 0 aromatic heterocycles. The zero-order valence-corrected chi connectivity index (χ0v) is 10.5. The molecule has 0 bridgehead atoms. The number of benzene rings is 2. The molecule has 0 aliphatic heterocycles. The van der Waals surface area contributed by atoms with Gasteiger partial charge in [-0.25, -0.2) is 0 Å². The third kappa shape index (κ3) is 2.45. The Morgan fingerprint density at radius 3 is 2.58 bits per heavy atom. The number of ether oxygens (including phenoxy) is 1. The Morgan fingerprint density at radius 2 is 1.79 bits per heavy atom. The van der Waals surface area contributed by atoms with E-state index in [4.69, 9.17) is 9.94 Å². The van der Waals surface area contributed by atoms with Crippen LogP contribution in [0.1, 0.15) is 24.0 Å². The molecule has 2 aromatic rings. The van der Waals surface area contributed by atoms with Gasteiger partial charge in [-0.3, -0.25) is 0 Å². The van der Waals surface area contributed by atoms with Crippen LogP contribution >= 0.6 is 0 Å². The van der Waals surface area contributed by atoms with Crippen LogP contribution in [-0.4, -0.2) is 10.9 Å². The second kappa shape index (κ2) is 5.14. The average Bonchev–Trinajstić information content (AvgIpc) is 2.47. The summed E-state index contributed by atoms with van der Waals surface area (Å²) < 4.78 is 5.80. The quantitative estimate of drug-likeness (QED) is 0.649. The van der Waals surface area contributed by atoms with Gasteiger partial charge in [-0.15, -0.1) is 0 Å². The fraction of sp³-hybridized carbons (Fsp3) is 0.188. The largest absolute Gasteiger partial charge is 0.457 e. The Morgan fingerprint density at radius 1 is 0.947 bits per heavy atom. The van der Waals surface area contributed by atoms with Gasteiger partial charge in [-0.2, -0.15) is 0 Å². The van der Waals surface area contributed by atoms with Gasteiger partial charge in [0, 0.05) is 5.56 Å². The zero-order chi connectivity index (χ0) is 13.1. The molecule has 0 saturated carbocycles. The van der Waals surface area contributed by atoms with Crippen molar-refractivity contribution in [3.05, 3.63) is 59.7 Å². The average molecular weight is 253 g/mol. The Bertz CT molecular complexity index is 605. The molecule has 96 valence electrons. The van der Waals surface area contributed by atoms with Crippen LogP contribution in [0.2, 0.25) is 0 Å². The maximum absolute atomic E-state index is 9.07. The van der Waals surface area contributed by atoms with Crippen LogP contribution in [0.4, 0.5) is 0 Å². The summed E-state index contributed by atoms with van der Waals surface area (Å²) >= 11 is 0. The van der Waals surface area contributed by atoms with Gasteiger partial charge in [0.2, 0.25) is 0 Å². The van der Waals surface area contributed by atoms with Crippen molar-refractivity contribution in [3.8, 4) is 11.5 Å². The molecule has 2 aromatic carbocycles. The maximum Gasteiger partial charge on any atom is 0.128 e. The smallest absolute Gasteiger partial charge is 0.128 e. The highest BCUT2D eigenvalue weighted by Gasteiger charge is 2.16. The minimum Gasteiger partial charge on any atom is -0.457 e. The first-order valence-electron chi connectivity index (χ1n) is 6.44. The third-order valence-corrected chi connectivity index (χ3v) is 3.35. The summed E-state index contributed by atoms with van der Waals surface area (Å²) in [6, 6.07) is 15.6. The lowest BCUT2D eigenvalue weighted by Crippen LogP contribution is -2.11. The zero-order valence-electron chi connectivity index (χ0n) is 10.5. The lowest BCUT2D eigenvalue weighted by atomic mass is 9.90. The number of oxime groups is 1. The van der Waals surface area contributed by atoms with E-state index in [1.807, 2.05) is 42.5 Å². The van der Waals surface area contributed by atoms with E-state index in [1.165, 1.54) is 5.56 Å². The van der Waals surface area contributed by atoms with Gasteiger partial charge in [0.05, 0.1) is 5.71 Å². The first-order chi connectivity index (χ1) is 9.36. The molecule has 3 rings (SSSR count). The predicted octanol–water partition coefficient (Wildman–Crippen LogP) is 3.99. The minimum absolute atomic E-state index is 0.750. The van der Waals surface area contributed by atoms with E-state index < -0.39 is 0 Å². The predicted molar refractivity (Wildman–Crippen MR) is 74.2 cm³/mol. The van der Waals surface area contributed by atoms with Crippen molar-refractivity contribution in [3.63, 3.8) is 0 Å². The highest BCUT2D eigenvalue weighted by molar-refractivity contribution is 6.02. The van der Waals surface area contributed by atoms with Crippen LogP contribution in [-0.2, 0) is 6.42 Å². The highest BCUT2D eigenvalue weighted by Crippen LogP contribution is 2.28. The van der Waals surface area contributed by atoms with Gasteiger partial charge in [0.15, 0.2) is 0 Å². The van der Waals surface area contributed by atoms with Crippen LogP contribution < -0.4 is 4.74 Å². The maximum atomic E-state index is 9.07. The number of hydrogen-bond acceptors (Lipinski definition) is 3.